The molecule has 0 atom stereocenters. The molecule has 0 saturated heterocycles. The number of benzene rings is 2. The molecule has 8 nitrogen and oxygen atoms in total. The molecule has 0 bridgehead atoms. The van der Waals surface area contributed by atoms with Crippen molar-refractivity contribution in [2.75, 3.05) is 5.32 Å². The molecule has 8 heteroatoms. The van der Waals surface area contributed by atoms with E-state index < -0.39 is 5.91 Å². The van der Waals surface area contributed by atoms with Crippen molar-refractivity contribution in [2.24, 2.45) is 22.5 Å². The van der Waals surface area contributed by atoms with E-state index >= 15 is 0 Å². The van der Waals surface area contributed by atoms with Crippen LogP contribution >= 0.6 is 0 Å². The average molecular weight is 462 g/mol. The van der Waals surface area contributed by atoms with Crippen molar-refractivity contribution in [1.82, 2.24) is 5.43 Å². The second-order valence-electron chi connectivity index (χ2n) is 8.37. The van der Waals surface area contributed by atoms with Gasteiger partial charge in [0.25, 0.3) is 11.8 Å². The Bertz CT molecular complexity index is 1150. The van der Waals surface area contributed by atoms with Gasteiger partial charge < -0.3 is 11.1 Å². The second kappa shape index (κ2) is 11.4. The molecule has 0 unspecified atom stereocenters. The van der Waals surface area contributed by atoms with Crippen LogP contribution < -0.4 is 22.3 Å². The molecule has 0 radical (unpaired) electrons. The highest BCUT2D eigenvalue weighted by Crippen LogP contribution is 2.30. The molecule has 3 rings (SSSR count). The Morgan fingerprint density at radius 3 is 2.38 bits per heavy atom. The van der Waals surface area contributed by atoms with Gasteiger partial charge in [-0.2, -0.15) is 0 Å². The van der Waals surface area contributed by atoms with Gasteiger partial charge in [-0.1, -0.05) is 38.8 Å². The molecule has 2 aromatic rings. The van der Waals surface area contributed by atoms with Crippen LogP contribution in [0.4, 0.5) is 11.4 Å². The summed E-state index contributed by atoms with van der Waals surface area (Å²) in [6, 6.07) is 11.5. The fraction of sp³-hybridized carbons (Fsp3) is 0.308. The first-order valence-corrected chi connectivity index (χ1v) is 11.5. The summed E-state index contributed by atoms with van der Waals surface area (Å²) in [5.74, 6) is 4.80. The minimum Gasteiger partial charge on any atom is -0.387 e. The van der Waals surface area contributed by atoms with Crippen molar-refractivity contribution in [3.8, 4) is 0 Å². The first kappa shape index (κ1) is 24.9. The topological polar surface area (TPSA) is 140 Å². The number of hydrogen-bond acceptors (Lipinski definition) is 6. The Balaban J connectivity index is 1.85. The summed E-state index contributed by atoms with van der Waals surface area (Å²) < 4.78 is 0. The van der Waals surface area contributed by atoms with Crippen molar-refractivity contribution in [3.63, 3.8) is 0 Å². The Hall–Kier alpha value is -3.78. The van der Waals surface area contributed by atoms with E-state index in [1.54, 1.807) is 36.4 Å². The summed E-state index contributed by atoms with van der Waals surface area (Å²) >= 11 is 0. The van der Waals surface area contributed by atoms with Crippen molar-refractivity contribution < 1.29 is 14.4 Å². The number of nitrogen functional groups attached to an aromatic ring is 1. The van der Waals surface area contributed by atoms with E-state index in [9.17, 15) is 14.4 Å². The minimum absolute atomic E-state index is 0.0160. The Morgan fingerprint density at radius 1 is 1.00 bits per heavy atom. The lowest BCUT2D eigenvalue weighted by atomic mass is 9.87. The zero-order valence-corrected chi connectivity index (χ0v) is 19.6. The smallest absolute Gasteiger partial charge is 0.265 e. The van der Waals surface area contributed by atoms with Gasteiger partial charge in [0.2, 0.25) is 0 Å². The number of carbonyl (C=O) groups excluding carboxylic acids is 3. The first-order valence-electron chi connectivity index (χ1n) is 11.5. The third-order valence-electron chi connectivity index (χ3n) is 5.73. The van der Waals surface area contributed by atoms with Crippen LogP contribution in [0.15, 0.2) is 53.0 Å². The van der Waals surface area contributed by atoms with Crippen LogP contribution in [-0.2, 0) is 4.79 Å². The first-order chi connectivity index (χ1) is 16.4. The molecule has 0 aliphatic carbocycles. The normalized spacial score (nSPS) is 12.8. The predicted molar refractivity (Wildman–Crippen MR) is 135 cm³/mol. The third-order valence-corrected chi connectivity index (χ3v) is 5.73. The zero-order chi connectivity index (χ0) is 24.7. The number of Topliss-reactive ketones (excluding diaryl/α,β-unsaturated/α-hetero) is 1. The van der Waals surface area contributed by atoms with Crippen molar-refractivity contribution >= 4 is 40.9 Å². The summed E-state index contributed by atoms with van der Waals surface area (Å²) in [6.45, 7) is 4.16. The van der Waals surface area contributed by atoms with E-state index in [-0.39, 0.29) is 24.0 Å². The molecule has 34 heavy (non-hydrogen) atoms. The molecule has 0 fully saturated rings. The maximum Gasteiger partial charge on any atom is 0.265 e. The Morgan fingerprint density at radius 2 is 1.71 bits per heavy atom. The molecular formula is C26H31N5O3. The molecule has 1 aliphatic heterocycles. The number of rotatable bonds is 9. The highest BCUT2D eigenvalue weighted by molar-refractivity contribution is 6.09. The number of amidine groups is 1. The number of nitrogens with two attached hydrogens (primary N) is 2. The van der Waals surface area contributed by atoms with Gasteiger partial charge in [-0.25, -0.2) is 10.8 Å². The van der Waals surface area contributed by atoms with E-state index in [0.29, 0.717) is 33.9 Å². The van der Waals surface area contributed by atoms with Gasteiger partial charge in [0.05, 0.1) is 5.69 Å². The number of hydrogen-bond donors (Lipinski definition) is 4. The fourth-order valence-electron chi connectivity index (χ4n) is 4.08. The van der Waals surface area contributed by atoms with Gasteiger partial charge >= 0.3 is 0 Å². The fourth-order valence-corrected chi connectivity index (χ4v) is 4.08. The lowest BCUT2D eigenvalue weighted by Crippen LogP contribution is -2.30. The van der Waals surface area contributed by atoms with Crippen molar-refractivity contribution in [3.05, 3.63) is 64.7 Å². The van der Waals surface area contributed by atoms with Gasteiger partial charge in [0, 0.05) is 40.3 Å². The molecular weight excluding hydrogens is 430 g/mol. The molecule has 178 valence electrons. The van der Waals surface area contributed by atoms with E-state index in [1.807, 2.05) is 6.08 Å². The van der Waals surface area contributed by atoms with Crippen LogP contribution in [0.25, 0.3) is 6.08 Å². The van der Waals surface area contributed by atoms with E-state index in [4.69, 9.17) is 11.6 Å². The average Bonchev–Trinajstić information content (AvgIpc) is 3.00. The van der Waals surface area contributed by atoms with Crippen LogP contribution in [0, 0.1) is 5.92 Å². The Kier molecular flexibility index (Phi) is 8.32. The third kappa shape index (κ3) is 5.96. The molecule has 0 saturated carbocycles. The molecule has 6 N–H and O–H groups in total. The number of amides is 2. The van der Waals surface area contributed by atoms with E-state index in [2.05, 4.69) is 29.6 Å². The second-order valence-corrected chi connectivity index (χ2v) is 8.37. The van der Waals surface area contributed by atoms with Crippen LogP contribution in [0.3, 0.4) is 0 Å². The van der Waals surface area contributed by atoms with Crippen LogP contribution in [0.5, 0.6) is 0 Å². The molecule has 0 aromatic heterocycles. The lowest BCUT2D eigenvalue weighted by molar-refractivity contribution is -0.119. The number of carbonyl (C=O) groups is 3. The van der Waals surface area contributed by atoms with Gasteiger partial charge in [-0.3, -0.25) is 19.8 Å². The zero-order valence-electron chi connectivity index (χ0n) is 19.6. The number of nitrogens with one attached hydrogen (secondary N) is 2. The maximum absolute atomic E-state index is 13.2. The number of ketones is 1. The summed E-state index contributed by atoms with van der Waals surface area (Å²) in [5, 5.41) is 2.77. The molecule has 1 heterocycles. The highest BCUT2D eigenvalue weighted by atomic mass is 16.2. The molecule has 2 aromatic carbocycles. The maximum atomic E-state index is 13.2. The number of aliphatic imine (C=N–C) groups is 1. The van der Waals surface area contributed by atoms with E-state index in [1.165, 1.54) is 6.07 Å². The Labute approximate surface area is 199 Å². The number of hydrazine groups is 1. The number of fused-ring (bicyclic) bond motifs is 1. The van der Waals surface area contributed by atoms with Gasteiger partial charge in [0.1, 0.15) is 5.84 Å². The molecule has 1 aliphatic rings. The van der Waals surface area contributed by atoms with Gasteiger partial charge in [0.15, 0.2) is 5.78 Å². The largest absolute Gasteiger partial charge is 0.387 e. The quantitative estimate of drug-likeness (QED) is 0.253. The molecule has 2 amide bonds. The number of anilines is 1. The predicted octanol–water partition coefficient (Wildman–Crippen LogP) is 4.10. The van der Waals surface area contributed by atoms with Crippen LogP contribution in [0.2, 0.25) is 0 Å². The van der Waals surface area contributed by atoms with Gasteiger partial charge in [-0.05, 0) is 49.2 Å². The minimum atomic E-state index is -0.455. The highest BCUT2D eigenvalue weighted by Gasteiger charge is 2.23. The van der Waals surface area contributed by atoms with Crippen molar-refractivity contribution in [2.45, 2.75) is 46.0 Å². The summed E-state index contributed by atoms with van der Waals surface area (Å²) in [6.07, 6.45) is 5.72. The van der Waals surface area contributed by atoms with Crippen molar-refractivity contribution in [1.29, 1.82) is 0 Å². The lowest BCUT2D eigenvalue weighted by Gasteiger charge is -2.16. The monoisotopic (exact) mass is 461 g/mol. The number of nitrogens with zero attached hydrogens (tertiary/aromatic N) is 1. The van der Waals surface area contributed by atoms with Gasteiger partial charge in [-0.15, -0.1) is 0 Å². The summed E-state index contributed by atoms with van der Waals surface area (Å²) in [7, 11) is 0. The van der Waals surface area contributed by atoms with E-state index in [0.717, 1.165) is 31.2 Å². The SMILES string of the molecule is CCCC(CCC)C(=O)C1=Cc2ccc(C(=O)Nc3cccc(C(=O)NN)c3)cc2N=C(N)C1. The summed E-state index contributed by atoms with van der Waals surface area (Å²) in [4.78, 5) is 42.2. The van der Waals surface area contributed by atoms with Crippen LogP contribution in [0.1, 0.15) is 72.2 Å². The molecule has 0 spiro atoms. The summed E-state index contributed by atoms with van der Waals surface area (Å²) in [5.41, 5.74) is 11.3. The standard InChI is InChI=1S/C26H31N5O3/c1-3-6-16(7-4-2)24(32)20-12-17-10-11-19(14-22(17)30-23(27)15-20)25(33)29-21-9-5-8-18(13-21)26(34)31-28/h5,8-14,16H,3-4,6-7,15,28H2,1-2H3,(H2,27,30)(H,29,33)(H,31,34). The van der Waals surface area contributed by atoms with Crippen LogP contribution in [-0.4, -0.2) is 23.4 Å².